The number of hydrogen-bond donors (Lipinski definition) is 1. The fraction of sp³-hybridized carbons (Fsp3) is 0.333. The molecular weight excluding hydrogens is 322 g/mol. The second-order valence-electron chi connectivity index (χ2n) is 4.80. The van der Waals surface area contributed by atoms with E-state index < -0.39 is 12.0 Å². The molecule has 4 nitrogen and oxygen atoms in total. The number of halogens is 1. The van der Waals surface area contributed by atoms with Gasteiger partial charge in [0.1, 0.15) is 6.04 Å². The number of terminal acetylenes is 1. The predicted molar refractivity (Wildman–Crippen MR) is 77.9 cm³/mol. The first-order valence-electron chi connectivity index (χ1n) is 6.24. The first-order valence-corrected chi connectivity index (χ1v) is 7.03. The van der Waals surface area contributed by atoms with Crippen molar-refractivity contribution in [2.75, 3.05) is 6.54 Å². The molecule has 1 saturated heterocycles. The number of likely N-dealkylation sites (tertiary alicyclic amines) is 1. The zero-order chi connectivity index (χ0) is 14.7. The van der Waals surface area contributed by atoms with Gasteiger partial charge in [0.25, 0.3) is 0 Å². The van der Waals surface area contributed by atoms with Crippen LogP contribution >= 0.6 is 15.9 Å². The first kappa shape index (κ1) is 14.6. The third kappa shape index (κ3) is 3.20. The van der Waals surface area contributed by atoms with E-state index in [1.807, 2.05) is 24.3 Å². The van der Waals surface area contributed by atoms with Crippen LogP contribution in [0.3, 0.4) is 0 Å². The number of carboxylic acids is 1. The van der Waals surface area contributed by atoms with Gasteiger partial charge in [0.05, 0.1) is 0 Å². The number of carboxylic acid groups (broad SMARTS) is 1. The Morgan fingerprint density at radius 2 is 2.35 bits per heavy atom. The molecular formula is C15H14BrNO3. The summed E-state index contributed by atoms with van der Waals surface area (Å²) in [5.41, 5.74) is 0.865. The number of hydrogen-bond acceptors (Lipinski definition) is 2. The summed E-state index contributed by atoms with van der Waals surface area (Å²) >= 11 is 3.35. The van der Waals surface area contributed by atoms with Crippen molar-refractivity contribution in [2.24, 2.45) is 5.92 Å². The first-order chi connectivity index (χ1) is 9.51. The number of aliphatic carboxylic acids is 1. The topological polar surface area (TPSA) is 57.6 Å². The van der Waals surface area contributed by atoms with Crippen LogP contribution in [0.15, 0.2) is 28.7 Å². The van der Waals surface area contributed by atoms with Crippen molar-refractivity contribution in [3.8, 4) is 12.3 Å². The van der Waals surface area contributed by atoms with Crippen molar-refractivity contribution in [1.82, 2.24) is 4.90 Å². The van der Waals surface area contributed by atoms with Gasteiger partial charge in [0.2, 0.25) is 5.91 Å². The zero-order valence-electron chi connectivity index (χ0n) is 10.8. The zero-order valence-corrected chi connectivity index (χ0v) is 12.3. The monoisotopic (exact) mass is 335 g/mol. The van der Waals surface area contributed by atoms with Crippen LogP contribution in [-0.4, -0.2) is 34.5 Å². The van der Waals surface area contributed by atoms with Gasteiger partial charge in [-0.2, -0.15) is 0 Å². The molecule has 0 aromatic heterocycles. The molecule has 1 N–H and O–H groups in total. The Labute approximate surface area is 125 Å². The molecule has 0 bridgehead atoms. The Kier molecular flexibility index (Phi) is 4.46. The van der Waals surface area contributed by atoms with Crippen molar-refractivity contribution in [3.05, 3.63) is 34.3 Å². The highest BCUT2D eigenvalue weighted by molar-refractivity contribution is 9.10. The van der Waals surface area contributed by atoms with Crippen molar-refractivity contribution in [3.63, 3.8) is 0 Å². The summed E-state index contributed by atoms with van der Waals surface area (Å²) in [6, 6.07) is 6.55. The van der Waals surface area contributed by atoms with E-state index in [2.05, 4.69) is 21.9 Å². The van der Waals surface area contributed by atoms with E-state index >= 15 is 0 Å². The van der Waals surface area contributed by atoms with Crippen molar-refractivity contribution >= 4 is 27.8 Å². The second kappa shape index (κ2) is 6.10. The lowest BCUT2D eigenvalue weighted by Crippen LogP contribution is -2.43. The Hall–Kier alpha value is -1.80. The molecule has 0 saturated carbocycles. The van der Waals surface area contributed by atoms with Gasteiger partial charge in [-0.25, -0.2) is 4.79 Å². The van der Waals surface area contributed by atoms with Crippen LogP contribution < -0.4 is 0 Å². The van der Waals surface area contributed by atoms with Crippen LogP contribution in [0.25, 0.3) is 0 Å². The average Bonchev–Trinajstić information content (AvgIpc) is 2.77. The van der Waals surface area contributed by atoms with Gasteiger partial charge in [-0.15, -0.1) is 12.3 Å². The molecule has 1 heterocycles. The number of carbonyl (C=O) groups excluding carboxylic acids is 1. The van der Waals surface area contributed by atoms with Gasteiger partial charge in [-0.05, 0) is 17.7 Å². The molecule has 1 aromatic rings. The fourth-order valence-electron chi connectivity index (χ4n) is 2.36. The van der Waals surface area contributed by atoms with Crippen LogP contribution in [0, 0.1) is 18.3 Å². The molecule has 2 atom stereocenters. The fourth-order valence-corrected chi connectivity index (χ4v) is 2.81. The summed E-state index contributed by atoms with van der Waals surface area (Å²) in [7, 11) is 0. The molecule has 104 valence electrons. The van der Waals surface area contributed by atoms with Gasteiger partial charge in [0, 0.05) is 29.8 Å². The van der Waals surface area contributed by atoms with Crippen molar-refractivity contribution in [1.29, 1.82) is 0 Å². The minimum atomic E-state index is -1.00. The van der Waals surface area contributed by atoms with Crippen molar-refractivity contribution < 1.29 is 14.7 Å². The molecule has 1 aliphatic rings. The summed E-state index contributed by atoms with van der Waals surface area (Å²) < 4.78 is 0.883. The summed E-state index contributed by atoms with van der Waals surface area (Å²) in [5, 5.41) is 9.38. The Morgan fingerprint density at radius 1 is 1.60 bits per heavy atom. The average molecular weight is 336 g/mol. The van der Waals surface area contributed by atoms with E-state index in [0.717, 1.165) is 10.0 Å². The van der Waals surface area contributed by atoms with E-state index in [9.17, 15) is 14.7 Å². The van der Waals surface area contributed by atoms with Gasteiger partial charge in [0.15, 0.2) is 0 Å². The standard InChI is InChI=1S/C15H14BrNO3/c1-2-10-8-14(18)17(9-10)13(15(19)20)7-11-4-3-5-12(16)6-11/h1,3-6,10,13H,7-9H2,(H,19,20). The smallest absolute Gasteiger partial charge is 0.326 e. The number of rotatable bonds is 4. The SMILES string of the molecule is C#CC1CC(=O)N(C(Cc2cccc(Br)c2)C(=O)O)C1. The lowest BCUT2D eigenvalue weighted by molar-refractivity contribution is -0.148. The minimum Gasteiger partial charge on any atom is -0.480 e. The lowest BCUT2D eigenvalue weighted by atomic mass is 10.0. The predicted octanol–water partition coefficient (Wildman–Crippen LogP) is 1.93. The Morgan fingerprint density at radius 3 is 2.90 bits per heavy atom. The lowest BCUT2D eigenvalue weighted by Gasteiger charge is -2.24. The molecule has 5 heteroatoms. The quantitative estimate of drug-likeness (QED) is 0.855. The number of benzene rings is 1. The van der Waals surface area contributed by atoms with Gasteiger partial charge in [-0.1, -0.05) is 28.1 Å². The molecule has 0 aliphatic carbocycles. The molecule has 1 fully saturated rings. The second-order valence-corrected chi connectivity index (χ2v) is 5.72. The molecule has 2 unspecified atom stereocenters. The third-order valence-corrected chi connectivity index (χ3v) is 3.87. The number of nitrogens with zero attached hydrogens (tertiary/aromatic N) is 1. The third-order valence-electron chi connectivity index (χ3n) is 3.37. The van der Waals surface area contributed by atoms with Crippen molar-refractivity contribution in [2.45, 2.75) is 18.9 Å². The molecule has 1 aromatic carbocycles. The summed E-state index contributed by atoms with van der Waals surface area (Å²) in [6.45, 7) is 0.320. The van der Waals surface area contributed by atoms with E-state index in [4.69, 9.17) is 6.42 Å². The summed E-state index contributed by atoms with van der Waals surface area (Å²) in [5.74, 6) is 1.15. The largest absolute Gasteiger partial charge is 0.480 e. The summed E-state index contributed by atoms with van der Waals surface area (Å²) in [4.78, 5) is 24.7. The van der Waals surface area contributed by atoms with E-state index in [1.54, 1.807) is 0 Å². The number of carbonyl (C=O) groups is 2. The molecule has 0 radical (unpaired) electrons. The van der Waals surface area contributed by atoms with Crippen LogP contribution in [0.2, 0.25) is 0 Å². The van der Waals surface area contributed by atoms with Crippen LogP contribution in [-0.2, 0) is 16.0 Å². The molecule has 0 spiro atoms. The molecule has 1 amide bonds. The van der Waals surface area contributed by atoms with Gasteiger partial charge < -0.3 is 10.0 Å². The highest BCUT2D eigenvalue weighted by atomic mass is 79.9. The normalized spacial score (nSPS) is 19.7. The van der Waals surface area contributed by atoms with Gasteiger partial charge >= 0.3 is 5.97 Å². The Balaban J connectivity index is 2.18. The maximum atomic E-state index is 11.9. The molecule has 20 heavy (non-hydrogen) atoms. The van der Waals surface area contributed by atoms with Crippen LogP contribution in [0.1, 0.15) is 12.0 Å². The minimum absolute atomic E-state index is 0.185. The Bertz CT molecular complexity index is 579. The number of amides is 1. The van der Waals surface area contributed by atoms with Gasteiger partial charge in [-0.3, -0.25) is 4.79 Å². The van der Waals surface area contributed by atoms with E-state index in [-0.39, 0.29) is 24.7 Å². The maximum absolute atomic E-state index is 11.9. The maximum Gasteiger partial charge on any atom is 0.326 e. The van der Waals surface area contributed by atoms with E-state index in [1.165, 1.54) is 4.90 Å². The van der Waals surface area contributed by atoms with Crippen LogP contribution in [0.5, 0.6) is 0 Å². The molecule has 2 rings (SSSR count). The highest BCUT2D eigenvalue weighted by Gasteiger charge is 2.37. The van der Waals surface area contributed by atoms with E-state index in [0.29, 0.717) is 6.54 Å². The van der Waals surface area contributed by atoms with Crippen LogP contribution in [0.4, 0.5) is 0 Å². The summed E-state index contributed by atoms with van der Waals surface area (Å²) in [6.07, 6.45) is 5.83. The highest BCUT2D eigenvalue weighted by Crippen LogP contribution is 2.22. The molecule has 1 aliphatic heterocycles.